The summed E-state index contributed by atoms with van der Waals surface area (Å²) in [5.41, 5.74) is 4.42. The van der Waals surface area contributed by atoms with Gasteiger partial charge in [-0.15, -0.1) is 11.3 Å². The molecule has 0 atom stereocenters. The number of aryl methyl sites for hydroxylation is 2. The topological polar surface area (TPSA) is 65.5 Å². The van der Waals surface area contributed by atoms with Gasteiger partial charge in [0.05, 0.1) is 12.2 Å². The molecular weight excluding hydrogens is 348 g/mol. The summed E-state index contributed by atoms with van der Waals surface area (Å²) in [6.45, 7) is 8.87. The molecule has 138 valence electrons. The molecule has 3 rings (SSSR count). The Bertz CT molecular complexity index is 810. The fourth-order valence-corrected chi connectivity index (χ4v) is 3.68. The third kappa shape index (κ3) is 4.47. The van der Waals surface area contributed by atoms with E-state index in [1.807, 2.05) is 10.3 Å². The van der Waals surface area contributed by atoms with E-state index in [0.29, 0.717) is 24.8 Å². The second-order valence-electron chi connectivity index (χ2n) is 6.67. The molecule has 1 aliphatic heterocycles. The quantitative estimate of drug-likeness (QED) is 0.896. The summed E-state index contributed by atoms with van der Waals surface area (Å²) in [6, 6.07) is 6.25. The van der Waals surface area contributed by atoms with Crippen LogP contribution in [0.5, 0.6) is 0 Å². The molecule has 7 heteroatoms. The number of piperazine rings is 1. The molecule has 1 aromatic heterocycles. The van der Waals surface area contributed by atoms with Crippen molar-refractivity contribution in [3.8, 4) is 11.3 Å². The number of nitrogens with one attached hydrogen (secondary N) is 1. The lowest BCUT2D eigenvalue weighted by Crippen LogP contribution is -2.49. The predicted octanol–water partition coefficient (Wildman–Crippen LogP) is 2.53. The molecule has 0 radical (unpaired) electrons. The fraction of sp³-hybridized carbons (Fsp3) is 0.421. The molecule has 1 aromatic carbocycles. The third-order valence-corrected chi connectivity index (χ3v) is 5.50. The molecule has 1 N–H and O–H groups in total. The van der Waals surface area contributed by atoms with Gasteiger partial charge < -0.3 is 10.2 Å². The van der Waals surface area contributed by atoms with E-state index < -0.39 is 0 Å². The summed E-state index contributed by atoms with van der Waals surface area (Å²) >= 11 is 1.43. The minimum atomic E-state index is -0.0674. The molecule has 2 heterocycles. The lowest BCUT2D eigenvalue weighted by atomic mass is 10.1. The highest BCUT2D eigenvalue weighted by Gasteiger charge is 2.20. The van der Waals surface area contributed by atoms with Crippen LogP contribution in [0.4, 0.5) is 5.13 Å². The van der Waals surface area contributed by atoms with E-state index in [1.54, 1.807) is 6.92 Å². The number of carbonyl (C=O) groups is 2. The van der Waals surface area contributed by atoms with Crippen LogP contribution in [0.15, 0.2) is 23.6 Å². The van der Waals surface area contributed by atoms with Gasteiger partial charge in [-0.2, -0.15) is 0 Å². The van der Waals surface area contributed by atoms with E-state index in [9.17, 15) is 9.59 Å². The zero-order valence-corrected chi connectivity index (χ0v) is 16.2. The van der Waals surface area contributed by atoms with Gasteiger partial charge in [-0.05, 0) is 31.0 Å². The highest BCUT2D eigenvalue weighted by atomic mass is 32.1. The molecule has 0 unspecified atom stereocenters. The first-order valence-electron chi connectivity index (χ1n) is 8.73. The molecule has 26 heavy (non-hydrogen) atoms. The standard InChI is InChI=1S/C19H24N4O2S/c1-13-4-5-16(10-14(13)2)17-12-26-19(20-17)21-18(25)11-22-6-8-23(9-7-22)15(3)24/h4-5,10,12H,6-9,11H2,1-3H3,(H,20,21,25). The van der Waals surface area contributed by atoms with Gasteiger partial charge in [-0.3, -0.25) is 14.5 Å². The van der Waals surface area contributed by atoms with Gasteiger partial charge in [0.1, 0.15) is 0 Å². The van der Waals surface area contributed by atoms with Gasteiger partial charge in [0, 0.05) is 44.0 Å². The van der Waals surface area contributed by atoms with Crippen LogP contribution in [0.1, 0.15) is 18.1 Å². The van der Waals surface area contributed by atoms with E-state index in [2.05, 4.69) is 47.2 Å². The van der Waals surface area contributed by atoms with Gasteiger partial charge in [0.25, 0.3) is 0 Å². The van der Waals surface area contributed by atoms with Crippen molar-refractivity contribution >= 4 is 28.3 Å². The van der Waals surface area contributed by atoms with Crippen molar-refractivity contribution in [1.29, 1.82) is 0 Å². The number of hydrogen-bond donors (Lipinski definition) is 1. The number of carbonyl (C=O) groups excluding carboxylic acids is 2. The van der Waals surface area contributed by atoms with Crippen LogP contribution in [0.2, 0.25) is 0 Å². The number of benzene rings is 1. The van der Waals surface area contributed by atoms with E-state index in [4.69, 9.17) is 0 Å². The van der Waals surface area contributed by atoms with Crippen LogP contribution >= 0.6 is 11.3 Å². The Morgan fingerprint density at radius 1 is 1.15 bits per heavy atom. The fourth-order valence-electron chi connectivity index (χ4n) is 2.95. The van der Waals surface area contributed by atoms with Crippen LogP contribution in [0.25, 0.3) is 11.3 Å². The van der Waals surface area contributed by atoms with Crippen LogP contribution in [-0.2, 0) is 9.59 Å². The van der Waals surface area contributed by atoms with Crippen LogP contribution < -0.4 is 5.32 Å². The molecule has 2 amide bonds. The number of aromatic nitrogens is 1. The Hall–Kier alpha value is -2.25. The van der Waals surface area contributed by atoms with Gasteiger partial charge >= 0.3 is 0 Å². The maximum absolute atomic E-state index is 12.3. The van der Waals surface area contributed by atoms with Crippen molar-refractivity contribution in [2.45, 2.75) is 20.8 Å². The average Bonchev–Trinajstić information content (AvgIpc) is 3.06. The van der Waals surface area contributed by atoms with Crippen LogP contribution in [0, 0.1) is 13.8 Å². The second-order valence-corrected chi connectivity index (χ2v) is 7.53. The monoisotopic (exact) mass is 372 g/mol. The average molecular weight is 372 g/mol. The molecule has 0 aliphatic carbocycles. The van der Waals surface area contributed by atoms with Crippen molar-refractivity contribution in [3.63, 3.8) is 0 Å². The summed E-state index contributed by atoms with van der Waals surface area (Å²) < 4.78 is 0. The van der Waals surface area contributed by atoms with Gasteiger partial charge in [-0.1, -0.05) is 12.1 Å². The van der Waals surface area contributed by atoms with Gasteiger partial charge in [0.15, 0.2) is 5.13 Å². The Balaban J connectivity index is 1.55. The zero-order chi connectivity index (χ0) is 18.7. The summed E-state index contributed by atoms with van der Waals surface area (Å²) in [5, 5.41) is 5.47. The number of nitrogens with zero attached hydrogens (tertiary/aromatic N) is 3. The normalized spacial score (nSPS) is 15.1. The van der Waals surface area contributed by atoms with Crippen LogP contribution in [-0.4, -0.2) is 59.3 Å². The van der Waals surface area contributed by atoms with E-state index in [-0.39, 0.29) is 11.8 Å². The van der Waals surface area contributed by atoms with Gasteiger partial charge in [-0.25, -0.2) is 4.98 Å². The van der Waals surface area contributed by atoms with Crippen molar-refractivity contribution in [2.24, 2.45) is 0 Å². The highest BCUT2D eigenvalue weighted by molar-refractivity contribution is 7.14. The predicted molar refractivity (Wildman–Crippen MR) is 104 cm³/mol. The van der Waals surface area contributed by atoms with Gasteiger partial charge in [0.2, 0.25) is 11.8 Å². The molecule has 0 bridgehead atoms. The first-order valence-corrected chi connectivity index (χ1v) is 9.61. The molecule has 1 aliphatic rings. The molecule has 1 saturated heterocycles. The second kappa shape index (κ2) is 7.97. The molecule has 6 nitrogen and oxygen atoms in total. The van der Waals surface area contributed by atoms with Crippen LogP contribution in [0.3, 0.4) is 0 Å². The number of rotatable bonds is 4. The van der Waals surface area contributed by atoms with Crippen molar-refractivity contribution in [1.82, 2.24) is 14.8 Å². The maximum Gasteiger partial charge on any atom is 0.240 e. The molecule has 0 saturated carbocycles. The van der Waals surface area contributed by atoms with E-state index in [1.165, 1.54) is 22.5 Å². The van der Waals surface area contributed by atoms with E-state index in [0.717, 1.165) is 24.3 Å². The zero-order valence-electron chi connectivity index (χ0n) is 15.4. The Morgan fingerprint density at radius 3 is 2.54 bits per heavy atom. The summed E-state index contributed by atoms with van der Waals surface area (Å²) in [7, 11) is 0. The molecule has 1 fully saturated rings. The number of anilines is 1. The SMILES string of the molecule is CC(=O)N1CCN(CC(=O)Nc2nc(-c3ccc(C)c(C)c3)cs2)CC1. The Kier molecular flexibility index (Phi) is 5.68. The number of thiazole rings is 1. The first kappa shape index (κ1) is 18.5. The largest absolute Gasteiger partial charge is 0.340 e. The summed E-state index contributed by atoms with van der Waals surface area (Å²) in [5.74, 6) is 0.0259. The lowest BCUT2D eigenvalue weighted by Gasteiger charge is -2.33. The molecular formula is C19H24N4O2S. The minimum Gasteiger partial charge on any atom is -0.340 e. The highest BCUT2D eigenvalue weighted by Crippen LogP contribution is 2.26. The van der Waals surface area contributed by atoms with Crippen molar-refractivity contribution in [2.75, 3.05) is 38.0 Å². The minimum absolute atomic E-state index is 0.0674. The molecule has 0 spiro atoms. The Morgan fingerprint density at radius 2 is 1.88 bits per heavy atom. The Labute approximate surface area is 157 Å². The molecule has 2 aromatic rings. The maximum atomic E-state index is 12.3. The third-order valence-electron chi connectivity index (χ3n) is 4.74. The number of hydrogen-bond acceptors (Lipinski definition) is 5. The van der Waals surface area contributed by atoms with Crippen molar-refractivity contribution in [3.05, 3.63) is 34.7 Å². The summed E-state index contributed by atoms with van der Waals surface area (Å²) in [6.07, 6.45) is 0. The smallest absolute Gasteiger partial charge is 0.240 e. The first-order chi connectivity index (χ1) is 12.4. The lowest BCUT2D eigenvalue weighted by molar-refractivity contribution is -0.130. The number of amides is 2. The van der Waals surface area contributed by atoms with Crippen molar-refractivity contribution < 1.29 is 9.59 Å². The summed E-state index contributed by atoms with van der Waals surface area (Å²) in [4.78, 5) is 32.0. The van der Waals surface area contributed by atoms with E-state index >= 15 is 0 Å².